The predicted molar refractivity (Wildman–Crippen MR) is 108 cm³/mol. The number of amides is 1. The number of carbonyl (C=O) groups excluding carboxylic acids is 1. The van der Waals surface area contributed by atoms with Crippen molar-refractivity contribution in [3.05, 3.63) is 47.3 Å². The van der Waals surface area contributed by atoms with E-state index in [1.807, 2.05) is 20.0 Å². The van der Waals surface area contributed by atoms with Crippen molar-refractivity contribution < 1.29 is 13.2 Å². The second-order valence-corrected chi connectivity index (χ2v) is 8.93. The Balaban J connectivity index is 1.70. The molecule has 0 radical (unpaired) electrons. The Morgan fingerprint density at radius 3 is 2.61 bits per heavy atom. The minimum absolute atomic E-state index is 0.276. The molecule has 0 bridgehead atoms. The Kier molecular flexibility index (Phi) is 4.34. The van der Waals surface area contributed by atoms with E-state index < -0.39 is 10.0 Å². The largest absolute Gasteiger partial charge is 0.322 e. The van der Waals surface area contributed by atoms with E-state index in [1.54, 1.807) is 28.9 Å². The fraction of sp³-hybridized carbons (Fsp3) is 0.316. The maximum Gasteiger partial charge on any atom is 0.256 e. The molecule has 1 saturated carbocycles. The number of benzene rings is 1. The first kappa shape index (κ1) is 18.4. The smallest absolute Gasteiger partial charge is 0.256 e. The molecule has 2 heterocycles. The fourth-order valence-electron chi connectivity index (χ4n) is 3.30. The summed E-state index contributed by atoms with van der Waals surface area (Å²) in [6, 6.07) is 8.44. The van der Waals surface area contributed by atoms with Crippen molar-refractivity contribution in [2.24, 2.45) is 7.05 Å². The van der Waals surface area contributed by atoms with Gasteiger partial charge >= 0.3 is 0 Å². The zero-order valence-electron chi connectivity index (χ0n) is 15.9. The Labute approximate surface area is 163 Å². The second kappa shape index (κ2) is 6.59. The van der Waals surface area contributed by atoms with Crippen LogP contribution >= 0.6 is 0 Å². The maximum atomic E-state index is 13.1. The highest BCUT2D eigenvalue weighted by Gasteiger charge is 2.28. The van der Waals surface area contributed by atoms with Gasteiger partial charge in [0.05, 0.1) is 28.6 Å². The Hall–Kier alpha value is -2.94. The Bertz CT molecular complexity index is 1200. The first-order valence-electron chi connectivity index (χ1n) is 8.95. The van der Waals surface area contributed by atoms with Crippen LogP contribution in [0.25, 0.3) is 11.0 Å². The van der Waals surface area contributed by atoms with Crippen molar-refractivity contribution in [3.8, 4) is 0 Å². The van der Waals surface area contributed by atoms with E-state index in [9.17, 15) is 13.2 Å². The highest BCUT2D eigenvalue weighted by Crippen LogP contribution is 2.40. The maximum absolute atomic E-state index is 13.1. The predicted octanol–water partition coefficient (Wildman–Crippen LogP) is 2.78. The number of nitrogens with one attached hydrogen (secondary N) is 2. The van der Waals surface area contributed by atoms with Crippen molar-refractivity contribution in [1.82, 2.24) is 14.8 Å². The lowest BCUT2D eigenvalue weighted by atomic mass is 10.1. The van der Waals surface area contributed by atoms with Crippen LogP contribution in [0.1, 0.15) is 40.5 Å². The molecule has 1 aliphatic rings. The minimum Gasteiger partial charge on any atom is -0.322 e. The molecule has 28 heavy (non-hydrogen) atoms. The molecule has 0 unspecified atom stereocenters. The molecular formula is C19H21N5O3S. The van der Waals surface area contributed by atoms with Crippen molar-refractivity contribution in [3.63, 3.8) is 0 Å². The van der Waals surface area contributed by atoms with E-state index in [0.717, 1.165) is 35.9 Å². The lowest BCUT2D eigenvalue weighted by Crippen LogP contribution is -2.14. The molecule has 1 amide bonds. The Morgan fingerprint density at radius 1 is 1.21 bits per heavy atom. The van der Waals surface area contributed by atoms with Crippen molar-refractivity contribution in [2.45, 2.75) is 25.7 Å². The highest BCUT2D eigenvalue weighted by atomic mass is 32.2. The average Bonchev–Trinajstić information content (AvgIpc) is 3.40. The van der Waals surface area contributed by atoms with Crippen LogP contribution in [0.15, 0.2) is 30.3 Å². The minimum atomic E-state index is -3.40. The monoisotopic (exact) mass is 399 g/mol. The quantitative estimate of drug-likeness (QED) is 0.686. The van der Waals surface area contributed by atoms with Crippen molar-refractivity contribution in [1.29, 1.82) is 0 Å². The number of aryl methyl sites for hydroxylation is 2. The number of rotatable bonds is 5. The normalized spacial score (nSPS) is 14.2. The summed E-state index contributed by atoms with van der Waals surface area (Å²) in [4.78, 5) is 17.8. The molecule has 146 valence electrons. The van der Waals surface area contributed by atoms with Crippen LogP contribution in [0.3, 0.4) is 0 Å². The molecule has 8 nitrogen and oxygen atoms in total. The number of fused-ring (bicyclic) bond motifs is 1. The van der Waals surface area contributed by atoms with E-state index in [2.05, 4.69) is 15.1 Å². The topological polar surface area (TPSA) is 106 Å². The summed E-state index contributed by atoms with van der Waals surface area (Å²) in [5.74, 6) is 0.121. The molecule has 1 aliphatic carbocycles. The lowest BCUT2D eigenvalue weighted by Gasteiger charge is -2.10. The number of sulfonamides is 1. The summed E-state index contributed by atoms with van der Waals surface area (Å²) in [5, 5.41) is 8.01. The van der Waals surface area contributed by atoms with Gasteiger partial charge in [-0.25, -0.2) is 13.4 Å². The molecule has 2 N–H and O–H groups in total. The van der Waals surface area contributed by atoms with Gasteiger partial charge in [-0.1, -0.05) is 6.07 Å². The first-order valence-corrected chi connectivity index (χ1v) is 10.8. The molecule has 9 heteroatoms. The molecule has 4 rings (SSSR count). The van der Waals surface area contributed by atoms with Gasteiger partial charge in [-0.15, -0.1) is 0 Å². The molecule has 1 fully saturated rings. The van der Waals surface area contributed by atoms with Gasteiger partial charge in [0.2, 0.25) is 10.0 Å². The molecule has 0 aliphatic heterocycles. The molecule has 3 aromatic rings. The summed E-state index contributed by atoms with van der Waals surface area (Å²) in [7, 11) is -1.58. The van der Waals surface area contributed by atoms with E-state index >= 15 is 0 Å². The third kappa shape index (κ3) is 3.70. The average molecular weight is 399 g/mol. The summed E-state index contributed by atoms with van der Waals surface area (Å²) < 4.78 is 27.0. The van der Waals surface area contributed by atoms with Crippen molar-refractivity contribution >= 4 is 38.3 Å². The van der Waals surface area contributed by atoms with Crippen LogP contribution in [-0.4, -0.2) is 35.3 Å². The molecule has 0 saturated heterocycles. The van der Waals surface area contributed by atoms with E-state index in [1.165, 1.54) is 0 Å². The molecule has 0 atom stereocenters. The zero-order valence-corrected chi connectivity index (χ0v) is 16.7. The van der Waals surface area contributed by atoms with Crippen LogP contribution in [-0.2, 0) is 17.1 Å². The fourth-order valence-corrected chi connectivity index (χ4v) is 3.86. The number of carbonyl (C=O) groups is 1. The summed E-state index contributed by atoms with van der Waals surface area (Å²) >= 11 is 0. The van der Waals surface area contributed by atoms with Gasteiger partial charge in [0.15, 0.2) is 5.65 Å². The van der Waals surface area contributed by atoms with E-state index in [-0.39, 0.29) is 5.91 Å². The van der Waals surface area contributed by atoms with Crippen LogP contribution < -0.4 is 10.0 Å². The Morgan fingerprint density at radius 2 is 1.93 bits per heavy atom. The van der Waals surface area contributed by atoms with Gasteiger partial charge in [-0.2, -0.15) is 5.10 Å². The number of pyridine rings is 1. The highest BCUT2D eigenvalue weighted by molar-refractivity contribution is 7.92. The van der Waals surface area contributed by atoms with Gasteiger partial charge < -0.3 is 5.32 Å². The SMILES string of the molecule is Cc1nn(C)c2nc(C3CC3)cc(C(=O)Nc3cccc(NS(C)(=O)=O)c3)c12. The number of aromatic nitrogens is 3. The van der Waals surface area contributed by atoms with Crippen LogP contribution in [0.5, 0.6) is 0 Å². The third-order valence-electron chi connectivity index (χ3n) is 4.65. The van der Waals surface area contributed by atoms with Gasteiger partial charge in [-0.3, -0.25) is 14.2 Å². The number of hydrogen-bond donors (Lipinski definition) is 2. The molecule has 1 aromatic carbocycles. The zero-order chi connectivity index (χ0) is 20.1. The van der Waals surface area contributed by atoms with Gasteiger partial charge in [0.1, 0.15) is 0 Å². The van der Waals surface area contributed by atoms with Crippen LogP contribution in [0.4, 0.5) is 11.4 Å². The molecular weight excluding hydrogens is 378 g/mol. The van der Waals surface area contributed by atoms with E-state index in [4.69, 9.17) is 4.98 Å². The standard InChI is InChI=1S/C19H21N5O3S/c1-11-17-15(10-16(12-7-8-12)21-18(17)24(2)22-11)19(25)20-13-5-4-6-14(9-13)23-28(3,26)27/h4-6,9-10,12,23H,7-8H2,1-3H3,(H,20,25). The van der Waals surface area contributed by atoms with Gasteiger partial charge in [-0.05, 0) is 44.0 Å². The first-order chi connectivity index (χ1) is 13.2. The second-order valence-electron chi connectivity index (χ2n) is 7.19. The third-order valence-corrected chi connectivity index (χ3v) is 5.26. The summed E-state index contributed by atoms with van der Waals surface area (Å²) in [6.45, 7) is 1.86. The van der Waals surface area contributed by atoms with Crippen molar-refractivity contribution in [2.75, 3.05) is 16.3 Å². The summed E-state index contributed by atoms with van der Waals surface area (Å²) in [6.07, 6.45) is 3.24. The number of hydrogen-bond acceptors (Lipinski definition) is 5. The van der Waals surface area contributed by atoms with Crippen LogP contribution in [0, 0.1) is 6.92 Å². The van der Waals surface area contributed by atoms with Gasteiger partial charge in [0.25, 0.3) is 5.91 Å². The molecule has 2 aromatic heterocycles. The van der Waals surface area contributed by atoms with Gasteiger partial charge in [0, 0.05) is 24.3 Å². The molecule has 0 spiro atoms. The van der Waals surface area contributed by atoms with Crippen LogP contribution in [0.2, 0.25) is 0 Å². The summed E-state index contributed by atoms with van der Waals surface area (Å²) in [5.41, 5.74) is 3.76. The lowest BCUT2D eigenvalue weighted by molar-refractivity contribution is 0.102. The number of nitrogens with zero attached hydrogens (tertiary/aromatic N) is 3. The van der Waals surface area contributed by atoms with E-state index in [0.29, 0.717) is 28.5 Å². The number of anilines is 2.